The first-order chi connectivity index (χ1) is 7.09. The summed E-state index contributed by atoms with van der Waals surface area (Å²) in [5.74, 6) is 0.449. The number of hydrogen-bond acceptors (Lipinski definition) is 3. The van der Waals surface area contributed by atoms with Crippen LogP contribution in [-0.2, 0) is 14.3 Å². The van der Waals surface area contributed by atoms with Gasteiger partial charge in [0.05, 0.1) is 17.6 Å². The molecule has 3 heteroatoms. The van der Waals surface area contributed by atoms with Gasteiger partial charge < -0.3 is 9.47 Å². The molecule has 0 aliphatic carbocycles. The van der Waals surface area contributed by atoms with Gasteiger partial charge in [-0.1, -0.05) is 13.0 Å². The predicted molar refractivity (Wildman–Crippen MR) is 58.2 cm³/mol. The van der Waals surface area contributed by atoms with E-state index in [0.29, 0.717) is 25.2 Å². The minimum atomic E-state index is -0.405. The lowest BCUT2D eigenvalue weighted by Crippen LogP contribution is -2.24. The molecule has 3 nitrogen and oxygen atoms in total. The van der Waals surface area contributed by atoms with Gasteiger partial charge >= 0.3 is 5.97 Å². The highest BCUT2D eigenvalue weighted by Crippen LogP contribution is 2.39. The Morgan fingerprint density at radius 2 is 2.33 bits per heavy atom. The van der Waals surface area contributed by atoms with E-state index in [2.05, 4.69) is 6.58 Å². The highest BCUT2D eigenvalue weighted by atomic mass is 16.5. The van der Waals surface area contributed by atoms with Crippen molar-refractivity contribution < 1.29 is 14.3 Å². The van der Waals surface area contributed by atoms with Crippen LogP contribution in [0.4, 0.5) is 0 Å². The molecule has 0 saturated carbocycles. The molecular weight excluding hydrogens is 192 g/mol. The van der Waals surface area contributed by atoms with Crippen molar-refractivity contribution in [2.45, 2.75) is 27.2 Å². The number of rotatable bonds is 4. The fourth-order valence-corrected chi connectivity index (χ4v) is 1.69. The Balaban J connectivity index is 3.05. The van der Waals surface area contributed by atoms with Crippen molar-refractivity contribution in [2.24, 2.45) is 5.41 Å². The predicted octanol–water partition coefficient (Wildman–Crippen LogP) is 2.44. The number of hydrogen-bond donors (Lipinski definition) is 0. The topological polar surface area (TPSA) is 35.5 Å². The quantitative estimate of drug-likeness (QED) is 0.528. The Morgan fingerprint density at radius 1 is 1.67 bits per heavy atom. The van der Waals surface area contributed by atoms with Crippen molar-refractivity contribution in [3.8, 4) is 0 Å². The Morgan fingerprint density at radius 3 is 2.80 bits per heavy atom. The summed E-state index contributed by atoms with van der Waals surface area (Å²) in [5, 5.41) is 0. The maximum atomic E-state index is 11.8. The van der Waals surface area contributed by atoms with Gasteiger partial charge in [0.1, 0.15) is 12.4 Å². The van der Waals surface area contributed by atoms with Crippen LogP contribution in [-0.4, -0.2) is 19.2 Å². The monoisotopic (exact) mass is 210 g/mol. The third kappa shape index (κ3) is 2.06. The molecular formula is C12H18O3. The van der Waals surface area contributed by atoms with Gasteiger partial charge in [-0.25, -0.2) is 4.79 Å². The molecule has 0 bridgehead atoms. The summed E-state index contributed by atoms with van der Waals surface area (Å²) in [4.78, 5) is 11.8. The molecule has 0 aromatic carbocycles. The summed E-state index contributed by atoms with van der Waals surface area (Å²) >= 11 is 0. The van der Waals surface area contributed by atoms with E-state index in [9.17, 15) is 4.79 Å². The third-order valence-corrected chi connectivity index (χ3v) is 2.65. The average molecular weight is 210 g/mol. The second-order valence-corrected chi connectivity index (χ2v) is 3.78. The van der Waals surface area contributed by atoms with E-state index >= 15 is 0 Å². The van der Waals surface area contributed by atoms with Crippen LogP contribution in [0.3, 0.4) is 0 Å². The minimum absolute atomic E-state index is 0.283. The van der Waals surface area contributed by atoms with Crippen LogP contribution in [0, 0.1) is 5.41 Å². The summed E-state index contributed by atoms with van der Waals surface area (Å²) in [6.45, 7) is 10.3. The van der Waals surface area contributed by atoms with Crippen LogP contribution in [0.15, 0.2) is 24.0 Å². The van der Waals surface area contributed by atoms with Crippen LogP contribution in [0.1, 0.15) is 27.2 Å². The second kappa shape index (κ2) is 4.51. The highest BCUT2D eigenvalue weighted by molar-refractivity contribution is 5.91. The van der Waals surface area contributed by atoms with Crippen LogP contribution >= 0.6 is 0 Å². The molecule has 15 heavy (non-hydrogen) atoms. The van der Waals surface area contributed by atoms with E-state index in [4.69, 9.17) is 9.47 Å². The lowest BCUT2D eigenvalue weighted by atomic mass is 9.83. The van der Waals surface area contributed by atoms with Crippen molar-refractivity contribution in [3.63, 3.8) is 0 Å². The number of carbonyl (C=O) groups is 1. The summed E-state index contributed by atoms with van der Waals surface area (Å²) in [7, 11) is 0. The Labute approximate surface area is 90.8 Å². The number of esters is 1. The zero-order chi connectivity index (χ0) is 11.5. The van der Waals surface area contributed by atoms with Crippen LogP contribution in [0.5, 0.6) is 0 Å². The van der Waals surface area contributed by atoms with Gasteiger partial charge in [-0.3, -0.25) is 0 Å². The first-order valence-corrected chi connectivity index (χ1v) is 5.26. The lowest BCUT2D eigenvalue weighted by molar-refractivity contribution is -0.139. The second-order valence-electron chi connectivity index (χ2n) is 3.78. The maximum Gasteiger partial charge on any atom is 0.338 e. The van der Waals surface area contributed by atoms with E-state index in [1.807, 2.05) is 13.8 Å². The lowest BCUT2D eigenvalue weighted by Gasteiger charge is -2.19. The molecule has 1 aliphatic heterocycles. The molecule has 0 amide bonds. The van der Waals surface area contributed by atoms with Gasteiger partial charge in [0, 0.05) is 6.42 Å². The van der Waals surface area contributed by atoms with Gasteiger partial charge in [-0.05, 0) is 13.8 Å². The molecule has 84 valence electrons. The minimum Gasteiger partial charge on any atom is -0.496 e. The molecule has 0 N–H and O–H groups in total. The Bertz CT molecular complexity index is 304. The summed E-state index contributed by atoms with van der Waals surface area (Å²) in [6.07, 6.45) is 2.46. The molecule has 0 fully saturated rings. The average Bonchev–Trinajstić information content (AvgIpc) is 2.57. The largest absolute Gasteiger partial charge is 0.496 e. The number of allylic oxidation sites excluding steroid dienone is 1. The van der Waals surface area contributed by atoms with Crippen LogP contribution in [0.2, 0.25) is 0 Å². The maximum absolute atomic E-state index is 11.8. The molecule has 0 saturated heterocycles. The van der Waals surface area contributed by atoms with E-state index in [1.165, 1.54) is 0 Å². The third-order valence-electron chi connectivity index (χ3n) is 2.65. The number of carbonyl (C=O) groups excluding carboxylic acids is 1. The van der Waals surface area contributed by atoms with Gasteiger partial charge in [-0.2, -0.15) is 0 Å². The molecule has 1 aliphatic rings. The summed E-state index contributed by atoms with van der Waals surface area (Å²) in [5.41, 5.74) is 0.222. The fourth-order valence-electron chi connectivity index (χ4n) is 1.69. The zero-order valence-corrected chi connectivity index (χ0v) is 9.63. The van der Waals surface area contributed by atoms with Gasteiger partial charge in [0.25, 0.3) is 0 Å². The molecule has 0 unspecified atom stereocenters. The normalized spacial score (nSPS) is 25.0. The van der Waals surface area contributed by atoms with Gasteiger partial charge in [0.2, 0.25) is 0 Å². The van der Waals surface area contributed by atoms with Crippen LogP contribution in [0.25, 0.3) is 0 Å². The molecule has 0 radical (unpaired) electrons. The fraction of sp³-hybridized carbons (Fsp3) is 0.583. The molecule has 0 aromatic rings. The molecule has 1 atom stereocenters. The highest BCUT2D eigenvalue weighted by Gasteiger charge is 2.40. The van der Waals surface area contributed by atoms with Crippen molar-refractivity contribution in [2.75, 3.05) is 13.2 Å². The van der Waals surface area contributed by atoms with Gasteiger partial charge in [-0.15, -0.1) is 6.58 Å². The smallest absolute Gasteiger partial charge is 0.338 e. The zero-order valence-electron chi connectivity index (χ0n) is 9.63. The van der Waals surface area contributed by atoms with Gasteiger partial charge in [0.15, 0.2) is 0 Å². The van der Waals surface area contributed by atoms with Crippen molar-refractivity contribution in [1.82, 2.24) is 0 Å². The van der Waals surface area contributed by atoms with E-state index in [1.54, 1.807) is 13.0 Å². The standard InChI is InChI=1S/C12H18O3/c1-5-9-10(11(13)14-7-3)12(4,6-2)8-15-9/h6H,2,5,7-8H2,1,3-4H3/t12-/m1/s1. The molecule has 0 spiro atoms. The SMILES string of the molecule is C=C[C@]1(C)COC(CC)=C1C(=O)OCC. The summed E-state index contributed by atoms with van der Waals surface area (Å²) in [6, 6.07) is 0. The summed E-state index contributed by atoms with van der Waals surface area (Å²) < 4.78 is 10.5. The Kier molecular flexibility index (Phi) is 3.56. The van der Waals surface area contributed by atoms with E-state index in [0.717, 1.165) is 5.76 Å². The van der Waals surface area contributed by atoms with Crippen molar-refractivity contribution in [3.05, 3.63) is 24.0 Å². The van der Waals surface area contributed by atoms with Crippen molar-refractivity contribution in [1.29, 1.82) is 0 Å². The number of ether oxygens (including phenoxy) is 2. The molecule has 1 rings (SSSR count). The first kappa shape index (κ1) is 11.8. The van der Waals surface area contributed by atoms with Crippen molar-refractivity contribution >= 4 is 5.97 Å². The van der Waals surface area contributed by atoms with E-state index in [-0.39, 0.29) is 5.97 Å². The van der Waals surface area contributed by atoms with E-state index < -0.39 is 5.41 Å². The molecule has 0 aromatic heterocycles. The molecule has 1 heterocycles. The Hall–Kier alpha value is -1.25. The first-order valence-electron chi connectivity index (χ1n) is 5.26. The van der Waals surface area contributed by atoms with Crippen LogP contribution < -0.4 is 0 Å².